The fourth-order valence-corrected chi connectivity index (χ4v) is 5.08. The first kappa shape index (κ1) is 21.2. The Morgan fingerprint density at radius 3 is 2.55 bits per heavy atom. The summed E-state index contributed by atoms with van der Waals surface area (Å²) in [7, 11) is -3.99. The molecule has 0 atom stereocenters. The number of carbonyl (C=O) groups excluding carboxylic acids is 1. The van der Waals surface area contributed by atoms with Crippen LogP contribution in [0.4, 0.5) is 5.69 Å². The fourth-order valence-electron chi connectivity index (χ4n) is 2.15. The van der Waals surface area contributed by atoms with Gasteiger partial charge < -0.3 is 18.7 Å². The molecule has 3 aromatic rings. The van der Waals surface area contributed by atoms with E-state index in [1.807, 2.05) is 0 Å². The summed E-state index contributed by atoms with van der Waals surface area (Å²) in [4.78, 5) is 23.1. The van der Waals surface area contributed by atoms with Gasteiger partial charge in [-0.05, 0) is 25.1 Å². The van der Waals surface area contributed by atoms with Crippen LogP contribution in [0.15, 0.2) is 42.1 Å². The van der Waals surface area contributed by atoms with Crippen molar-refractivity contribution in [1.82, 2.24) is 0 Å². The van der Waals surface area contributed by atoms with Gasteiger partial charge in [0.2, 0.25) is 0 Å². The van der Waals surface area contributed by atoms with Crippen molar-refractivity contribution in [2.24, 2.45) is 0 Å². The summed E-state index contributed by atoms with van der Waals surface area (Å²) >= 11 is 12.3. The minimum Gasteiger partial charge on any atom is -0.507 e. The number of benzene rings is 1. The lowest BCUT2D eigenvalue weighted by atomic mass is 10.2. The van der Waals surface area contributed by atoms with E-state index in [1.165, 1.54) is 25.1 Å². The van der Waals surface area contributed by atoms with E-state index in [4.69, 9.17) is 32.4 Å². The maximum Gasteiger partial charge on any atom is 0.519 e. The Bertz CT molecular complexity index is 1220. The van der Waals surface area contributed by atoms with Gasteiger partial charge in [-0.3, -0.25) is 4.72 Å². The molecule has 0 spiro atoms. The number of thiophene rings is 1. The fraction of sp³-hybridized carbons (Fsp3) is 0.125. The zero-order valence-corrected chi connectivity index (χ0v) is 17.5. The molecule has 13 heteroatoms. The number of sulfonamides is 1. The second-order valence-corrected chi connectivity index (χ2v) is 9.50. The summed E-state index contributed by atoms with van der Waals surface area (Å²) in [5.74, 6) is -2.19. The first-order valence-electron chi connectivity index (χ1n) is 7.64. The van der Waals surface area contributed by atoms with Crippen molar-refractivity contribution >= 4 is 56.2 Å². The Labute approximate surface area is 177 Å². The van der Waals surface area contributed by atoms with Gasteiger partial charge in [-0.1, -0.05) is 23.2 Å². The molecule has 0 aliphatic rings. The van der Waals surface area contributed by atoms with Crippen LogP contribution in [0.2, 0.25) is 9.36 Å². The van der Waals surface area contributed by atoms with E-state index in [1.54, 1.807) is 0 Å². The lowest BCUT2D eigenvalue weighted by molar-refractivity contribution is 0.0439. The zero-order chi connectivity index (χ0) is 21.3. The Morgan fingerprint density at radius 2 is 2.00 bits per heavy atom. The summed E-state index contributed by atoms with van der Waals surface area (Å²) in [6.07, 6.45) is 0. The van der Waals surface area contributed by atoms with E-state index < -0.39 is 27.6 Å². The molecule has 0 amide bonds. The number of anilines is 1. The largest absolute Gasteiger partial charge is 0.519 e. The third-order valence-corrected chi connectivity index (χ3v) is 7.25. The second kappa shape index (κ2) is 8.11. The summed E-state index contributed by atoms with van der Waals surface area (Å²) in [6, 6.07) is 4.66. The highest BCUT2D eigenvalue weighted by Crippen LogP contribution is 2.35. The third kappa shape index (κ3) is 4.75. The monoisotopic (exact) mass is 479 g/mol. The van der Waals surface area contributed by atoms with Crippen LogP contribution in [-0.4, -0.2) is 19.5 Å². The highest BCUT2D eigenvalue weighted by Gasteiger charge is 2.21. The number of halogens is 2. The van der Waals surface area contributed by atoms with Crippen molar-refractivity contribution in [1.29, 1.82) is 0 Å². The average molecular weight is 480 g/mol. The zero-order valence-electron chi connectivity index (χ0n) is 14.4. The predicted octanol–water partition coefficient (Wildman–Crippen LogP) is 3.77. The molecule has 1 aromatic carbocycles. The Kier molecular flexibility index (Phi) is 5.94. The van der Waals surface area contributed by atoms with Gasteiger partial charge in [0.1, 0.15) is 19.9 Å². The molecule has 2 heterocycles. The molecule has 29 heavy (non-hydrogen) atoms. The summed E-state index contributed by atoms with van der Waals surface area (Å²) in [5, 5.41) is 10.2. The SMILES string of the molecule is Cc1oc(=O)oc1COC(=O)c1ccc(NS(=O)(=O)c2cc(Cl)c(Cl)s2)cc1O. The molecule has 0 unspecified atom stereocenters. The molecule has 0 fully saturated rings. The standard InChI is InChI=1S/C16H11Cl2NO8S2/c1-7-12(27-16(22)26-7)6-25-15(21)9-3-2-8(4-11(9)20)19-29(23,24)13-5-10(17)14(18)28-13/h2-5,19-20H,6H2,1H3. The van der Waals surface area contributed by atoms with Crippen molar-refractivity contribution in [3.05, 3.63) is 61.3 Å². The average Bonchev–Trinajstić information content (AvgIpc) is 3.14. The van der Waals surface area contributed by atoms with E-state index in [9.17, 15) is 23.1 Å². The highest BCUT2D eigenvalue weighted by molar-refractivity contribution is 7.94. The summed E-state index contributed by atoms with van der Waals surface area (Å²) in [6.45, 7) is 1.07. The van der Waals surface area contributed by atoms with Crippen LogP contribution in [0, 0.1) is 6.92 Å². The topological polar surface area (TPSA) is 136 Å². The van der Waals surface area contributed by atoms with Gasteiger partial charge in [0.05, 0.1) is 10.7 Å². The van der Waals surface area contributed by atoms with Crippen LogP contribution in [0.1, 0.15) is 21.9 Å². The third-order valence-electron chi connectivity index (χ3n) is 3.53. The van der Waals surface area contributed by atoms with Crippen LogP contribution in [0.3, 0.4) is 0 Å². The minimum atomic E-state index is -3.99. The lowest BCUT2D eigenvalue weighted by Crippen LogP contribution is -2.12. The number of aromatic hydroxyl groups is 1. The van der Waals surface area contributed by atoms with E-state index in [0.717, 1.165) is 17.4 Å². The minimum absolute atomic E-state index is 0.00336. The number of carbonyl (C=O) groups is 1. The van der Waals surface area contributed by atoms with Gasteiger partial charge in [0.15, 0.2) is 18.1 Å². The number of esters is 1. The van der Waals surface area contributed by atoms with Gasteiger partial charge in [0, 0.05) is 6.07 Å². The van der Waals surface area contributed by atoms with Crippen LogP contribution in [0.5, 0.6) is 5.75 Å². The molecule has 0 radical (unpaired) electrons. The Balaban J connectivity index is 1.73. The van der Waals surface area contributed by atoms with Crippen molar-refractivity contribution < 1.29 is 31.9 Å². The number of rotatable bonds is 6. The van der Waals surface area contributed by atoms with Crippen LogP contribution in [-0.2, 0) is 21.4 Å². The van der Waals surface area contributed by atoms with Crippen LogP contribution >= 0.6 is 34.5 Å². The van der Waals surface area contributed by atoms with Crippen molar-refractivity contribution in [3.63, 3.8) is 0 Å². The molecule has 154 valence electrons. The van der Waals surface area contributed by atoms with Crippen molar-refractivity contribution in [3.8, 4) is 5.75 Å². The second-order valence-electron chi connectivity index (χ2n) is 5.53. The number of ether oxygens (including phenoxy) is 1. The molecule has 3 rings (SSSR count). The molecule has 2 aromatic heterocycles. The van der Waals surface area contributed by atoms with Gasteiger partial charge >= 0.3 is 11.8 Å². The quantitative estimate of drug-likeness (QED) is 0.509. The Morgan fingerprint density at radius 1 is 1.28 bits per heavy atom. The van der Waals surface area contributed by atoms with Gasteiger partial charge in [-0.25, -0.2) is 18.0 Å². The predicted molar refractivity (Wildman–Crippen MR) is 104 cm³/mol. The van der Waals surface area contributed by atoms with Crippen molar-refractivity contribution in [2.75, 3.05) is 4.72 Å². The van der Waals surface area contributed by atoms with Crippen LogP contribution in [0.25, 0.3) is 0 Å². The van der Waals surface area contributed by atoms with Gasteiger partial charge in [-0.2, -0.15) is 0 Å². The normalized spacial score (nSPS) is 11.4. The first-order valence-corrected chi connectivity index (χ1v) is 10.7. The van der Waals surface area contributed by atoms with Gasteiger partial charge in [-0.15, -0.1) is 11.3 Å². The smallest absolute Gasteiger partial charge is 0.507 e. The number of phenols is 1. The van der Waals surface area contributed by atoms with Crippen LogP contribution < -0.4 is 10.5 Å². The maximum absolute atomic E-state index is 12.4. The van der Waals surface area contributed by atoms with Gasteiger partial charge in [0.25, 0.3) is 10.0 Å². The molecule has 0 saturated heterocycles. The summed E-state index contributed by atoms with van der Waals surface area (Å²) < 4.78 is 41.3. The van der Waals surface area contributed by atoms with E-state index in [-0.39, 0.29) is 42.9 Å². The highest BCUT2D eigenvalue weighted by atomic mass is 35.5. The molecule has 2 N–H and O–H groups in total. The number of nitrogens with one attached hydrogen (secondary N) is 1. The number of hydrogen-bond donors (Lipinski definition) is 2. The molecule has 0 bridgehead atoms. The number of phenolic OH excluding ortho intramolecular Hbond substituents is 1. The molecular formula is C16H11Cl2NO8S2. The van der Waals surface area contributed by atoms with E-state index in [2.05, 4.69) is 9.14 Å². The number of hydrogen-bond acceptors (Lipinski definition) is 9. The molecule has 0 aliphatic carbocycles. The summed E-state index contributed by atoms with van der Waals surface area (Å²) in [5.41, 5.74) is -0.227. The molecule has 9 nitrogen and oxygen atoms in total. The Hall–Kier alpha value is -2.47. The molecule has 0 saturated carbocycles. The molecule has 0 aliphatic heterocycles. The molecular weight excluding hydrogens is 469 g/mol. The first-order chi connectivity index (χ1) is 13.6. The van der Waals surface area contributed by atoms with E-state index >= 15 is 0 Å². The maximum atomic E-state index is 12.4. The van der Waals surface area contributed by atoms with Crippen molar-refractivity contribution in [2.45, 2.75) is 17.7 Å². The van der Waals surface area contributed by atoms with E-state index in [0.29, 0.717) is 0 Å². The number of aryl methyl sites for hydroxylation is 1. The lowest BCUT2D eigenvalue weighted by Gasteiger charge is -2.09.